The highest BCUT2D eigenvalue weighted by atomic mass is 31.1. The van der Waals surface area contributed by atoms with Gasteiger partial charge in [0.05, 0.1) is 5.69 Å². The zero-order valence-corrected chi connectivity index (χ0v) is 15.4. The lowest BCUT2D eigenvalue weighted by molar-refractivity contribution is -0.162. The van der Waals surface area contributed by atoms with Crippen LogP contribution in [0.5, 0.6) is 0 Å². The summed E-state index contributed by atoms with van der Waals surface area (Å²) in [6.45, 7) is 6.07. The molecule has 0 aliphatic carbocycles. The molecule has 0 saturated carbocycles. The summed E-state index contributed by atoms with van der Waals surface area (Å²) in [4.78, 5) is 11.1. The summed E-state index contributed by atoms with van der Waals surface area (Å²) >= 11 is 0. The number of aryl methyl sites for hydroxylation is 2. The first-order valence-electron chi connectivity index (χ1n) is 8.14. The molecule has 0 aliphatic heterocycles. The molecule has 3 rings (SSSR count). The van der Waals surface area contributed by atoms with Gasteiger partial charge in [-0.25, -0.2) is 0 Å². The van der Waals surface area contributed by atoms with Gasteiger partial charge in [0, 0.05) is 0 Å². The van der Waals surface area contributed by atoms with E-state index in [4.69, 9.17) is 0 Å². The van der Waals surface area contributed by atoms with E-state index >= 15 is 0 Å². The first-order valence-corrected chi connectivity index (χ1v) is 9.32. The van der Waals surface area contributed by atoms with Crippen molar-refractivity contribution in [2.24, 2.45) is 0 Å². The van der Waals surface area contributed by atoms with Crippen molar-refractivity contribution < 1.29 is 9.46 Å². The zero-order valence-electron chi connectivity index (χ0n) is 14.5. The van der Waals surface area contributed by atoms with Gasteiger partial charge in [0.1, 0.15) is 0 Å². The van der Waals surface area contributed by atoms with Gasteiger partial charge in [-0.3, -0.25) is 0 Å². The van der Waals surface area contributed by atoms with E-state index in [-0.39, 0.29) is 0 Å². The molecule has 25 heavy (non-hydrogen) atoms. The molecule has 1 atom stereocenters. The maximum Gasteiger partial charge on any atom is 0.437 e. The molecule has 0 aromatic heterocycles. The Morgan fingerprint density at radius 1 is 0.760 bits per heavy atom. The molecule has 0 fully saturated rings. The van der Waals surface area contributed by atoms with E-state index < -0.39 is 8.18 Å². The van der Waals surface area contributed by atoms with E-state index in [0.717, 1.165) is 27.8 Å². The Bertz CT molecular complexity index is 916. The standard InChI is InChI=1S/C21H20NO2P/c1-14-4-8-17(9-5-14)19-12-13-20(22-25(23)24)16(3)21(19)18-10-6-15(2)7-11-18/h4-13H,1-3H3,(H,22,23,24). The molecule has 126 valence electrons. The van der Waals surface area contributed by atoms with Crippen LogP contribution in [0.3, 0.4) is 0 Å². The molecule has 1 N–H and O–H groups in total. The summed E-state index contributed by atoms with van der Waals surface area (Å²) in [6.07, 6.45) is 0. The molecule has 0 saturated heterocycles. The van der Waals surface area contributed by atoms with Gasteiger partial charge in [0.2, 0.25) is 0 Å². The lowest BCUT2D eigenvalue weighted by Gasteiger charge is -2.16. The lowest BCUT2D eigenvalue weighted by atomic mass is 9.89. The fourth-order valence-corrected chi connectivity index (χ4v) is 3.44. The van der Waals surface area contributed by atoms with Crippen LogP contribution in [-0.4, -0.2) is 0 Å². The number of hydrogen-bond donors (Lipinski definition) is 1. The Kier molecular flexibility index (Phi) is 4.98. The highest BCUT2D eigenvalue weighted by Gasteiger charge is 2.16. The summed E-state index contributed by atoms with van der Waals surface area (Å²) in [6, 6.07) is 20.5. The van der Waals surface area contributed by atoms with Crippen LogP contribution in [0.25, 0.3) is 22.3 Å². The third kappa shape index (κ3) is 3.79. The van der Waals surface area contributed by atoms with Gasteiger partial charge in [0.25, 0.3) is 0 Å². The molecule has 1 unspecified atom stereocenters. The van der Waals surface area contributed by atoms with Crippen molar-refractivity contribution in [1.82, 2.24) is 0 Å². The van der Waals surface area contributed by atoms with Crippen LogP contribution in [0, 0.1) is 20.8 Å². The summed E-state index contributed by atoms with van der Waals surface area (Å²) in [5.74, 6) is 0. The minimum atomic E-state index is -2.70. The molecular weight excluding hydrogens is 329 g/mol. The molecule has 0 heterocycles. The van der Waals surface area contributed by atoms with Crippen molar-refractivity contribution in [3.63, 3.8) is 0 Å². The first kappa shape index (κ1) is 17.3. The normalized spacial score (nSPS) is 11.3. The maximum atomic E-state index is 11.1. The fraction of sp³-hybridized carbons (Fsp3) is 0.143. The number of nitrogens with one attached hydrogen (secondary N) is 1. The van der Waals surface area contributed by atoms with Crippen LogP contribution >= 0.6 is 8.18 Å². The SMILES string of the molecule is Cc1ccc(-c2ccc(N[P+](=O)[O-])c(C)c2-c2ccc(C)cc2)cc1. The third-order valence-corrected chi connectivity index (χ3v) is 4.80. The van der Waals surface area contributed by atoms with Crippen LogP contribution in [-0.2, 0) is 4.57 Å². The Labute approximate surface area is 149 Å². The molecule has 0 spiro atoms. The van der Waals surface area contributed by atoms with E-state index in [2.05, 4.69) is 67.5 Å². The quantitative estimate of drug-likeness (QED) is 0.644. The van der Waals surface area contributed by atoms with Gasteiger partial charge in [-0.15, -0.1) is 0 Å². The third-order valence-electron chi connectivity index (χ3n) is 4.38. The Hall–Kier alpha value is -2.48. The maximum absolute atomic E-state index is 11.1. The second kappa shape index (κ2) is 7.18. The average Bonchev–Trinajstić information content (AvgIpc) is 2.58. The minimum absolute atomic E-state index is 0.613. The van der Waals surface area contributed by atoms with E-state index in [9.17, 15) is 9.46 Å². The molecule has 3 aromatic rings. The van der Waals surface area contributed by atoms with Gasteiger partial charge < -0.3 is 4.89 Å². The largest absolute Gasteiger partial charge is 0.573 e. The molecule has 0 radical (unpaired) electrons. The van der Waals surface area contributed by atoms with Gasteiger partial charge in [-0.1, -0.05) is 65.7 Å². The summed E-state index contributed by atoms with van der Waals surface area (Å²) in [7, 11) is -2.70. The monoisotopic (exact) mass is 349 g/mol. The van der Waals surface area contributed by atoms with Crippen LogP contribution in [0.15, 0.2) is 60.7 Å². The van der Waals surface area contributed by atoms with Crippen molar-refractivity contribution in [1.29, 1.82) is 0 Å². The molecular formula is C21H20NO2P. The lowest BCUT2D eigenvalue weighted by Crippen LogP contribution is -2.00. The molecule has 3 nitrogen and oxygen atoms in total. The van der Waals surface area contributed by atoms with Crippen LogP contribution < -0.4 is 9.98 Å². The number of anilines is 1. The van der Waals surface area contributed by atoms with E-state index in [1.54, 1.807) is 0 Å². The topological polar surface area (TPSA) is 52.2 Å². The molecule has 0 amide bonds. The van der Waals surface area contributed by atoms with Gasteiger partial charge in [-0.05, 0) is 59.2 Å². The van der Waals surface area contributed by atoms with Crippen molar-refractivity contribution in [3.8, 4) is 22.3 Å². The predicted molar refractivity (Wildman–Crippen MR) is 103 cm³/mol. The summed E-state index contributed by atoms with van der Waals surface area (Å²) in [5.41, 5.74) is 8.25. The minimum Gasteiger partial charge on any atom is -0.573 e. The molecule has 3 aromatic carbocycles. The second-order valence-corrected chi connectivity index (χ2v) is 7.00. The Morgan fingerprint density at radius 2 is 1.28 bits per heavy atom. The van der Waals surface area contributed by atoms with E-state index in [1.807, 2.05) is 19.1 Å². The van der Waals surface area contributed by atoms with Gasteiger partial charge >= 0.3 is 8.18 Å². The molecule has 0 bridgehead atoms. The number of hydrogen-bond acceptors (Lipinski definition) is 2. The number of benzene rings is 3. The Morgan fingerprint density at radius 3 is 1.80 bits per heavy atom. The van der Waals surface area contributed by atoms with Crippen LogP contribution in [0.4, 0.5) is 5.69 Å². The van der Waals surface area contributed by atoms with Crippen molar-refractivity contribution in [3.05, 3.63) is 77.4 Å². The Balaban J connectivity index is 2.23. The first-order chi connectivity index (χ1) is 12.0. The highest BCUT2D eigenvalue weighted by Crippen LogP contribution is 2.39. The zero-order chi connectivity index (χ0) is 18.0. The van der Waals surface area contributed by atoms with Gasteiger partial charge in [0.15, 0.2) is 0 Å². The second-order valence-electron chi connectivity index (χ2n) is 6.26. The summed E-state index contributed by atoms with van der Waals surface area (Å²) < 4.78 is 11.1. The summed E-state index contributed by atoms with van der Waals surface area (Å²) in [5, 5.41) is 2.54. The van der Waals surface area contributed by atoms with Crippen molar-refractivity contribution >= 4 is 13.9 Å². The fourth-order valence-electron chi connectivity index (χ4n) is 3.00. The predicted octanol–water partition coefficient (Wildman–Crippen LogP) is 5.38. The molecule has 4 heteroatoms. The van der Waals surface area contributed by atoms with Crippen LogP contribution in [0.2, 0.25) is 0 Å². The van der Waals surface area contributed by atoms with Crippen LogP contribution in [0.1, 0.15) is 16.7 Å². The average molecular weight is 349 g/mol. The van der Waals surface area contributed by atoms with Crippen molar-refractivity contribution in [2.45, 2.75) is 20.8 Å². The van der Waals surface area contributed by atoms with Crippen molar-refractivity contribution in [2.75, 3.05) is 5.09 Å². The molecule has 0 aliphatic rings. The van der Waals surface area contributed by atoms with Gasteiger partial charge in [-0.2, -0.15) is 5.09 Å². The van der Waals surface area contributed by atoms with E-state index in [1.165, 1.54) is 11.1 Å². The smallest absolute Gasteiger partial charge is 0.437 e. The highest BCUT2D eigenvalue weighted by molar-refractivity contribution is 7.38. The van der Waals surface area contributed by atoms with E-state index in [0.29, 0.717) is 5.69 Å². The number of rotatable bonds is 4.